The van der Waals surface area contributed by atoms with Gasteiger partial charge >= 0.3 is 11.8 Å². The molecule has 1 spiro atoms. The van der Waals surface area contributed by atoms with Crippen LogP contribution in [0.3, 0.4) is 0 Å². The molecule has 408 valence electrons. The summed E-state index contributed by atoms with van der Waals surface area (Å²) in [5, 5.41) is 47.6. The Labute approximate surface area is 441 Å². The molecule has 1 saturated heterocycles. The molecule has 3 aromatic carbocycles. The lowest BCUT2D eigenvalue weighted by atomic mass is 9.80. The van der Waals surface area contributed by atoms with E-state index in [0.717, 1.165) is 19.2 Å². The fourth-order valence-electron chi connectivity index (χ4n) is 10.7. The number of hydrazine groups is 1. The number of nitrogens with one attached hydrogen (secondary N) is 1. The summed E-state index contributed by atoms with van der Waals surface area (Å²) < 4.78 is 18.7. The van der Waals surface area contributed by atoms with E-state index >= 15 is 0 Å². The highest BCUT2D eigenvalue weighted by molar-refractivity contribution is 6.19. The zero-order chi connectivity index (χ0) is 55.1. The van der Waals surface area contributed by atoms with Gasteiger partial charge in [-0.15, -0.1) is 0 Å². The first-order valence-electron chi connectivity index (χ1n) is 26.0. The average Bonchev–Trinajstić information content (AvgIpc) is 3.86. The molecule has 0 aliphatic carbocycles. The molecule has 9 N–H and O–H groups in total. The standard InChI is InChI=1S/C56H76N8O9.CH4O/c1-32(2)27-63-23-21-56(22-24-63)60-45-42-43-49(67)38(8)52-44(42)53(69)55(9,73-52)71-25-15-18-34(4)51(72-41(65)31-64(58)30-40(57)29-62(10)28-39-19-12-11-13-20-39)37(7)48(66)36(6)26-33(3)16-14-17-35(5)54(70)59-47(50(43)68)46(45)61-56;1-2/h11-17,19-20,25,30,32-34,36-37,48,51,66-68H,18,21-24,26-29,31,57-58H2,1-10H3,(H,59,70);2H,1H3/b16-14+,25-15+,35-17-,40-30-;/t33-,34+,36+,37+,48?,51?,55?;/m0./s1. The van der Waals surface area contributed by atoms with Crippen LogP contribution in [0.1, 0.15) is 103 Å². The maximum absolute atomic E-state index is 14.8. The number of carbonyl (C=O) groups excluding carboxylic acids is 3. The number of likely N-dealkylation sites (tertiary alicyclic amines) is 1. The van der Waals surface area contributed by atoms with Crippen molar-refractivity contribution in [2.24, 2.45) is 51.2 Å². The number of nitrogens with two attached hydrogens (primary N) is 2. The van der Waals surface area contributed by atoms with Crippen LogP contribution in [0.5, 0.6) is 17.2 Å². The topological polar surface area (TPSA) is 258 Å². The van der Waals surface area contributed by atoms with Gasteiger partial charge < -0.3 is 55.6 Å². The number of anilines is 1. The van der Waals surface area contributed by atoms with Crippen molar-refractivity contribution in [1.82, 2.24) is 14.8 Å². The van der Waals surface area contributed by atoms with Gasteiger partial charge in [0, 0.05) is 93.9 Å². The average molecular weight is 1040 g/mol. The number of allylic oxidation sites excluding steroid dienone is 4. The number of aliphatic hydroxyl groups is 2. The predicted octanol–water partition coefficient (Wildman–Crippen LogP) is 5.85. The maximum Gasteiger partial charge on any atom is 0.327 e. The number of phenolic OH excluding ortho intramolecular Hbond substituents is 2. The minimum absolute atomic E-state index is 0.0182. The van der Waals surface area contributed by atoms with Gasteiger partial charge in [-0.05, 0) is 69.0 Å². The molecule has 5 aliphatic heterocycles. The lowest BCUT2D eigenvalue weighted by Crippen LogP contribution is -2.43. The second-order valence-electron chi connectivity index (χ2n) is 21.5. The lowest BCUT2D eigenvalue weighted by molar-refractivity contribution is -0.159. The van der Waals surface area contributed by atoms with E-state index in [1.165, 1.54) is 24.4 Å². The third-order valence-electron chi connectivity index (χ3n) is 14.6. The van der Waals surface area contributed by atoms with E-state index in [-0.39, 0.29) is 74.1 Å². The van der Waals surface area contributed by atoms with Gasteiger partial charge in [-0.2, -0.15) is 0 Å². The number of ether oxygens (including phenoxy) is 3. The molecule has 0 aromatic heterocycles. The molecular weight excluding hydrogens is 957 g/mol. The van der Waals surface area contributed by atoms with Crippen molar-refractivity contribution in [3.8, 4) is 17.2 Å². The molecule has 7 atom stereocenters. The molecular formula is C57H80N8O10. The number of esters is 1. The Hall–Kier alpha value is -6.31. The number of aromatic hydroxyl groups is 2. The minimum atomic E-state index is -1.92. The summed E-state index contributed by atoms with van der Waals surface area (Å²) in [6.07, 6.45) is 10.3. The van der Waals surface area contributed by atoms with Crippen molar-refractivity contribution in [3.05, 3.63) is 106 Å². The van der Waals surface area contributed by atoms with Crippen LogP contribution in [0.15, 0.2) is 88.4 Å². The quantitative estimate of drug-likeness (QED) is 0.0544. The van der Waals surface area contributed by atoms with Crippen LogP contribution in [0.25, 0.3) is 10.8 Å². The first-order chi connectivity index (χ1) is 35.5. The van der Waals surface area contributed by atoms with Crippen LogP contribution in [-0.2, 0) is 25.6 Å². The fourth-order valence-corrected chi connectivity index (χ4v) is 10.7. The van der Waals surface area contributed by atoms with Crippen LogP contribution in [-0.4, -0.2) is 123 Å². The molecule has 18 nitrogen and oxygen atoms in total. The van der Waals surface area contributed by atoms with Crippen molar-refractivity contribution in [2.45, 2.75) is 118 Å². The van der Waals surface area contributed by atoms with Gasteiger partial charge in [-0.3, -0.25) is 29.3 Å². The summed E-state index contributed by atoms with van der Waals surface area (Å²) in [7, 11) is 2.94. The number of Topliss-reactive ketones (excluding diaryl/α,β-unsaturated/α-hetero) is 1. The van der Waals surface area contributed by atoms with E-state index in [1.54, 1.807) is 32.1 Å². The number of amides is 1. The summed E-state index contributed by atoms with van der Waals surface area (Å²) >= 11 is 0. The third kappa shape index (κ3) is 13.2. The Morgan fingerprint density at radius 2 is 1.67 bits per heavy atom. The van der Waals surface area contributed by atoms with Gasteiger partial charge in [-0.1, -0.05) is 90.1 Å². The molecule has 5 heterocycles. The first kappa shape index (κ1) is 58.0. The van der Waals surface area contributed by atoms with E-state index in [1.807, 2.05) is 76.1 Å². The van der Waals surface area contributed by atoms with Crippen LogP contribution >= 0.6 is 0 Å². The molecule has 1 amide bonds. The highest BCUT2D eigenvalue weighted by atomic mass is 16.7. The van der Waals surface area contributed by atoms with Crippen molar-refractivity contribution >= 4 is 34.1 Å². The van der Waals surface area contributed by atoms with E-state index in [2.05, 4.69) is 24.1 Å². The summed E-state index contributed by atoms with van der Waals surface area (Å²) in [5.41, 5.74) is 7.53. The highest BCUT2D eigenvalue weighted by Gasteiger charge is 2.50. The summed E-state index contributed by atoms with van der Waals surface area (Å²) in [4.78, 5) is 57.3. The Morgan fingerprint density at radius 3 is 2.33 bits per heavy atom. The SMILES string of the molecule is C/C1=C/C=C/[C@H](C)C[C@@H](C)C(O)[C@@H](C)C(OC(=O)CN(N)/C=C(\N)CN(C)Cc2ccccc2)[C@H](C)C/C=C/OC2(C)Oc3c(C)c(O)c4c(O)c(c5c(c4c3C2=O)=NC2(CCN(CC(C)C)CC2)N=5)NC1=O.CO. The Balaban J connectivity index is 0.00000452. The largest absolute Gasteiger partial charge is 0.507 e. The Morgan fingerprint density at radius 1 is 1.00 bits per heavy atom. The predicted molar refractivity (Wildman–Crippen MR) is 289 cm³/mol. The van der Waals surface area contributed by atoms with E-state index in [0.29, 0.717) is 69.1 Å². The fraction of sp³-hybridized carbons (Fsp3) is 0.526. The molecule has 75 heavy (non-hydrogen) atoms. The van der Waals surface area contributed by atoms with Gasteiger partial charge in [0.1, 0.15) is 35.2 Å². The van der Waals surface area contributed by atoms with Crippen molar-refractivity contribution in [2.75, 3.05) is 52.2 Å². The summed E-state index contributed by atoms with van der Waals surface area (Å²) in [6, 6.07) is 9.98. The zero-order valence-electron chi connectivity index (χ0n) is 45.6. The van der Waals surface area contributed by atoms with E-state index in [9.17, 15) is 29.7 Å². The number of fused-ring (bicyclic) bond motifs is 13. The van der Waals surface area contributed by atoms with Gasteiger partial charge in [0.2, 0.25) is 0 Å². The normalized spacial score (nSPS) is 26.8. The molecule has 18 heteroatoms. The van der Waals surface area contributed by atoms with Gasteiger partial charge in [-0.25, -0.2) is 5.84 Å². The van der Waals surface area contributed by atoms with Gasteiger partial charge in [0.25, 0.3) is 11.7 Å². The van der Waals surface area contributed by atoms with E-state index < -0.39 is 53.0 Å². The Bertz CT molecular complexity index is 2820. The molecule has 5 bridgehead atoms. The number of aliphatic hydroxyl groups excluding tert-OH is 2. The molecule has 5 aliphatic rings. The van der Waals surface area contributed by atoms with Gasteiger partial charge in [0.15, 0.2) is 11.4 Å². The van der Waals surface area contributed by atoms with Crippen molar-refractivity contribution in [1.29, 1.82) is 0 Å². The molecule has 8 rings (SSSR count). The number of ketones is 1. The lowest BCUT2D eigenvalue weighted by Gasteiger charge is -2.36. The molecule has 1 fully saturated rings. The Kier molecular flexibility index (Phi) is 19.0. The first-order valence-corrected chi connectivity index (χ1v) is 26.0. The monoisotopic (exact) mass is 1040 g/mol. The molecule has 3 unspecified atom stereocenters. The summed E-state index contributed by atoms with van der Waals surface area (Å²) in [5.74, 6) is 1.21. The number of carbonyl (C=O) groups is 3. The number of nitrogens with zero attached hydrogens (tertiary/aromatic N) is 5. The van der Waals surface area contributed by atoms with Crippen molar-refractivity contribution in [3.63, 3.8) is 0 Å². The number of hydrogen-bond donors (Lipinski definition) is 7. The number of benzene rings is 3. The highest BCUT2D eigenvalue weighted by Crippen LogP contribution is 2.50. The molecule has 3 aromatic rings. The maximum atomic E-state index is 14.8. The minimum Gasteiger partial charge on any atom is -0.507 e. The zero-order valence-corrected chi connectivity index (χ0v) is 45.6. The third-order valence-corrected chi connectivity index (χ3v) is 14.6. The number of piperidine rings is 1. The number of likely N-dealkylation sites (N-methyl/N-ethyl adjacent to an activating group) is 1. The number of phenols is 2. The van der Waals surface area contributed by atoms with E-state index in [4.69, 9.17) is 40.9 Å². The van der Waals surface area contributed by atoms with Crippen molar-refractivity contribution < 1.29 is 49.0 Å². The second kappa shape index (κ2) is 24.6. The number of rotatable bonds is 10. The van der Waals surface area contributed by atoms with Crippen LogP contribution < -0.4 is 32.3 Å². The van der Waals surface area contributed by atoms with Crippen LogP contribution in [0.4, 0.5) is 5.69 Å². The van der Waals surface area contributed by atoms with Crippen LogP contribution in [0, 0.1) is 36.5 Å². The molecule has 0 radical (unpaired) electrons. The smallest absolute Gasteiger partial charge is 0.327 e. The van der Waals surface area contributed by atoms with Crippen LogP contribution in [0.2, 0.25) is 0 Å². The molecule has 0 saturated carbocycles. The number of hydrogen-bond acceptors (Lipinski definition) is 17. The van der Waals surface area contributed by atoms with Gasteiger partial charge in [0.05, 0.1) is 28.7 Å². The second-order valence-corrected chi connectivity index (χ2v) is 21.5. The summed E-state index contributed by atoms with van der Waals surface area (Å²) in [6.45, 7) is 19.9.